The number of aromatic nitrogens is 3. The van der Waals surface area contributed by atoms with E-state index in [0.29, 0.717) is 11.5 Å². The fourth-order valence-electron chi connectivity index (χ4n) is 3.69. The quantitative estimate of drug-likeness (QED) is 0.577. The molecule has 2 aromatic rings. The van der Waals surface area contributed by atoms with Crippen LogP contribution in [0.5, 0.6) is 0 Å². The Labute approximate surface area is 169 Å². The first kappa shape index (κ1) is 19.0. The third kappa shape index (κ3) is 4.21. The smallest absolute Gasteiger partial charge is 0.189 e. The van der Waals surface area contributed by atoms with Crippen LogP contribution in [0.3, 0.4) is 0 Å². The molecule has 0 bridgehead atoms. The van der Waals surface area contributed by atoms with Crippen LogP contribution in [0.4, 0.5) is 11.6 Å². The van der Waals surface area contributed by atoms with Crippen LogP contribution in [-0.2, 0) is 4.74 Å². The molecule has 2 saturated heterocycles. The van der Waals surface area contributed by atoms with E-state index in [2.05, 4.69) is 26.9 Å². The number of hydrogen-bond donors (Lipinski definition) is 0. The summed E-state index contributed by atoms with van der Waals surface area (Å²) in [5.74, 6) is 2.41. The van der Waals surface area contributed by atoms with E-state index in [0.717, 1.165) is 74.7 Å². The molecule has 28 heavy (non-hydrogen) atoms. The van der Waals surface area contributed by atoms with Crippen LogP contribution in [0.25, 0.3) is 0 Å². The standard InChI is InChI=1S/C20H24N6OS/c1-28-20-23-17(16-4-10-27-11-5-16)12-19(24-20)26-8-6-25(7-9-26)18-3-2-15(13-21)14-22-18/h2-3,12,14,16H,4-11H2,1H3. The molecule has 8 heteroatoms. The second-order valence-corrected chi connectivity index (χ2v) is 7.79. The molecule has 0 atom stereocenters. The largest absolute Gasteiger partial charge is 0.381 e. The number of thioether (sulfide) groups is 1. The maximum absolute atomic E-state index is 8.93. The van der Waals surface area contributed by atoms with Crippen LogP contribution >= 0.6 is 11.8 Å². The van der Waals surface area contributed by atoms with Crippen LogP contribution in [0.15, 0.2) is 29.6 Å². The molecule has 4 rings (SSSR count). The topological polar surface area (TPSA) is 78.2 Å². The molecule has 4 heterocycles. The lowest BCUT2D eigenvalue weighted by Crippen LogP contribution is -2.47. The molecule has 0 aliphatic carbocycles. The predicted molar refractivity (Wildman–Crippen MR) is 110 cm³/mol. The summed E-state index contributed by atoms with van der Waals surface area (Å²) in [7, 11) is 0. The molecule has 2 fully saturated rings. The van der Waals surface area contributed by atoms with Crippen molar-refractivity contribution in [1.82, 2.24) is 15.0 Å². The van der Waals surface area contributed by atoms with Crippen molar-refractivity contribution in [3.8, 4) is 6.07 Å². The molecule has 146 valence electrons. The van der Waals surface area contributed by atoms with Crippen molar-refractivity contribution in [2.24, 2.45) is 0 Å². The van der Waals surface area contributed by atoms with Gasteiger partial charge in [0.15, 0.2) is 5.16 Å². The highest BCUT2D eigenvalue weighted by atomic mass is 32.2. The van der Waals surface area contributed by atoms with Crippen molar-refractivity contribution >= 4 is 23.4 Å². The van der Waals surface area contributed by atoms with E-state index in [4.69, 9.17) is 20.0 Å². The fourth-order valence-corrected chi connectivity index (χ4v) is 4.07. The average molecular weight is 397 g/mol. The Kier molecular flexibility index (Phi) is 5.93. The molecule has 0 unspecified atom stereocenters. The lowest BCUT2D eigenvalue weighted by molar-refractivity contribution is 0.0843. The number of nitriles is 1. The van der Waals surface area contributed by atoms with E-state index in [-0.39, 0.29) is 0 Å². The number of nitrogens with zero attached hydrogens (tertiary/aromatic N) is 6. The lowest BCUT2D eigenvalue weighted by atomic mass is 9.96. The summed E-state index contributed by atoms with van der Waals surface area (Å²) in [6.45, 7) is 5.16. The van der Waals surface area contributed by atoms with Gasteiger partial charge in [0.1, 0.15) is 17.7 Å². The normalized spacial score (nSPS) is 18.1. The molecule has 2 aliphatic heterocycles. The van der Waals surface area contributed by atoms with Crippen molar-refractivity contribution in [3.63, 3.8) is 0 Å². The van der Waals surface area contributed by atoms with Gasteiger partial charge in [-0.15, -0.1) is 0 Å². The van der Waals surface area contributed by atoms with Crippen LogP contribution in [0.2, 0.25) is 0 Å². The maximum Gasteiger partial charge on any atom is 0.189 e. The minimum Gasteiger partial charge on any atom is -0.381 e. The Morgan fingerprint density at radius 1 is 1.07 bits per heavy atom. The zero-order valence-electron chi connectivity index (χ0n) is 16.0. The summed E-state index contributed by atoms with van der Waals surface area (Å²) in [4.78, 5) is 18.6. The first-order chi connectivity index (χ1) is 13.8. The van der Waals surface area contributed by atoms with Gasteiger partial charge in [0.05, 0.1) is 11.3 Å². The van der Waals surface area contributed by atoms with Crippen molar-refractivity contribution in [2.75, 3.05) is 55.4 Å². The van der Waals surface area contributed by atoms with Crippen LogP contribution in [0.1, 0.15) is 30.0 Å². The number of rotatable bonds is 4. The van der Waals surface area contributed by atoms with Crippen LogP contribution in [0, 0.1) is 11.3 Å². The second-order valence-electron chi connectivity index (χ2n) is 7.02. The Balaban J connectivity index is 1.46. The Hall–Kier alpha value is -2.37. The summed E-state index contributed by atoms with van der Waals surface area (Å²) in [6, 6.07) is 8.04. The van der Waals surface area contributed by atoms with Crippen molar-refractivity contribution in [2.45, 2.75) is 23.9 Å². The summed E-state index contributed by atoms with van der Waals surface area (Å²) >= 11 is 1.60. The summed E-state index contributed by atoms with van der Waals surface area (Å²) in [5.41, 5.74) is 1.74. The van der Waals surface area contributed by atoms with E-state index in [1.807, 2.05) is 18.4 Å². The highest BCUT2D eigenvalue weighted by Gasteiger charge is 2.23. The minimum absolute atomic E-state index is 0.463. The average Bonchev–Trinajstić information content (AvgIpc) is 2.79. The van der Waals surface area contributed by atoms with Gasteiger partial charge in [0.2, 0.25) is 0 Å². The molecule has 7 nitrogen and oxygen atoms in total. The first-order valence-corrected chi connectivity index (χ1v) is 10.9. The highest BCUT2D eigenvalue weighted by Crippen LogP contribution is 2.29. The third-order valence-corrected chi connectivity index (χ3v) is 5.89. The van der Waals surface area contributed by atoms with Crippen LogP contribution in [-0.4, -0.2) is 60.6 Å². The molecule has 0 radical (unpaired) electrons. The first-order valence-electron chi connectivity index (χ1n) is 9.63. The zero-order valence-corrected chi connectivity index (χ0v) is 16.9. The van der Waals surface area contributed by atoms with Crippen molar-refractivity contribution in [1.29, 1.82) is 5.26 Å². The van der Waals surface area contributed by atoms with Gasteiger partial charge in [-0.05, 0) is 31.2 Å². The number of hydrogen-bond acceptors (Lipinski definition) is 8. The maximum atomic E-state index is 8.93. The molecule has 2 aliphatic rings. The Morgan fingerprint density at radius 2 is 1.79 bits per heavy atom. The molecular formula is C20H24N6OS. The predicted octanol–water partition coefficient (Wildman–Crippen LogP) is 2.69. The van der Waals surface area contributed by atoms with Gasteiger partial charge in [-0.3, -0.25) is 0 Å². The summed E-state index contributed by atoms with van der Waals surface area (Å²) in [5, 5.41) is 9.77. The second kappa shape index (κ2) is 8.76. The van der Waals surface area contributed by atoms with Gasteiger partial charge < -0.3 is 14.5 Å². The molecule has 0 saturated carbocycles. The van der Waals surface area contributed by atoms with Crippen molar-refractivity contribution < 1.29 is 4.74 Å². The van der Waals surface area contributed by atoms with Crippen LogP contribution < -0.4 is 9.80 Å². The zero-order chi connectivity index (χ0) is 19.3. The molecule has 0 spiro atoms. The number of anilines is 2. The minimum atomic E-state index is 0.463. The van der Waals surface area contributed by atoms with E-state index in [1.165, 1.54) is 0 Å². The summed E-state index contributed by atoms with van der Waals surface area (Å²) in [6.07, 6.45) is 5.73. The summed E-state index contributed by atoms with van der Waals surface area (Å²) < 4.78 is 5.50. The van der Waals surface area contributed by atoms with E-state index in [9.17, 15) is 0 Å². The number of piperazine rings is 1. The SMILES string of the molecule is CSc1nc(C2CCOCC2)cc(N2CCN(c3ccc(C#N)cn3)CC2)n1. The molecular weight excluding hydrogens is 372 g/mol. The Morgan fingerprint density at radius 3 is 2.39 bits per heavy atom. The van der Waals surface area contributed by atoms with E-state index < -0.39 is 0 Å². The highest BCUT2D eigenvalue weighted by molar-refractivity contribution is 7.98. The molecule has 0 N–H and O–H groups in total. The van der Waals surface area contributed by atoms with Gasteiger partial charge in [-0.1, -0.05) is 11.8 Å². The molecule has 0 aromatic carbocycles. The van der Waals surface area contributed by atoms with Gasteiger partial charge in [0, 0.05) is 57.6 Å². The van der Waals surface area contributed by atoms with Gasteiger partial charge in [-0.25, -0.2) is 15.0 Å². The number of ether oxygens (including phenoxy) is 1. The third-order valence-electron chi connectivity index (χ3n) is 5.34. The number of pyridine rings is 1. The molecule has 2 aromatic heterocycles. The van der Waals surface area contributed by atoms with Gasteiger partial charge in [-0.2, -0.15) is 5.26 Å². The Bertz CT molecular complexity index is 839. The van der Waals surface area contributed by atoms with Crippen molar-refractivity contribution in [3.05, 3.63) is 35.7 Å². The van der Waals surface area contributed by atoms with E-state index >= 15 is 0 Å². The monoisotopic (exact) mass is 396 g/mol. The molecule has 0 amide bonds. The van der Waals surface area contributed by atoms with Gasteiger partial charge in [0.25, 0.3) is 0 Å². The lowest BCUT2D eigenvalue weighted by Gasteiger charge is -2.36. The fraction of sp³-hybridized carbons (Fsp3) is 0.500. The van der Waals surface area contributed by atoms with E-state index in [1.54, 1.807) is 18.0 Å². The van der Waals surface area contributed by atoms with Gasteiger partial charge >= 0.3 is 0 Å².